The van der Waals surface area contributed by atoms with E-state index in [4.69, 9.17) is 4.52 Å². The van der Waals surface area contributed by atoms with Gasteiger partial charge in [0.1, 0.15) is 16.2 Å². The average Bonchev–Trinajstić information content (AvgIpc) is 3.05. The van der Waals surface area contributed by atoms with Crippen molar-refractivity contribution in [1.82, 2.24) is 4.72 Å². The van der Waals surface area contributed by atoms with Crippen molar-refractivity contribution in [3.8, 4) is 5.75 Å². The van der Waals surface area contributed by atoms with Crippen molar-refractivity contribution in [1.29, 1.82) is 0 Å². The summed E-state index contributed by atoms with van der Waals surface area (Å²) in [5, 5.41) is 11.3. The fourth-order valence-corrected chi connectivity index (χ4v) is 6.10. The first-order valence-electron chi connectivity index (χ1n) is 7.40. The zero-order valence-corrected chi connectivity index (χ0v) is 16.0. The van der Waals surface area contributed by atoms with Gasteiger partial charge >= 0.3 is 7.60 Å². The number of sulfonamides is 1. The maximum Gasteiger partial charge on any atom is 0.391 e. The number of nitrogens with one attached hydrogen (secondary N) is 1. The molecule has 0 saturated carbocycles. The second kappa shape index (κ2) is 7.37. The lowest BCUT2D eigenvalue weighted by atomic mass is 10.3. The standard InChI is InChI=1S/C15H13N2O7PS2/c18-17(19)12-5-7-13(8-6-12)24-25(20,21)10-16-27(22,23)15-9-11-3-1-2-4-14(11)26-15/h1-9,16H,10H2,(H,20,21). The van der Waals surface area contributed by atoms with E-state index in [2.05, 4.69) is 4.72 Å². The van der Waals surface area contributed by atoms with Crippen LogP contribution >= 0.6 is 18.9 Å². The Kier molecular flexibility index (Phi) is 5.31. The Morgan fingerprint density at radius 3 is 2.48 bits per heavy atom. The molecule has 0 aliphatic heterocycles. The van der Waals surface area contributed by atoms with Crippen molar-refractivity contribution in [3.05, 3.63) is 64.7 Å². The summed E-state index contributed by atoms with van der Waals surface area (Å²) < 4.78 is 44.6. The van der Waals surface area contributed by atoms with E-state index < -0.39 is 28.8 Å². The molecule has 0 saturated heterocycles. The molecule has 1 aromatic heterocycles. The monoisotopic (exact) mass is 428 g/mol. The van der Waals surface area contributed by atoms with Crippen LogP contribution in [0.1, 0.15) is 0 Å². The lowest BCUT2D eigenvalue weighted by Gasteiger charge is -2.13. The van der Waals surface area contributed by atoms with E-state index in [0.717, 1.165) is 45.7 Å². The van der Waals surface area contributed by atoms with Crippen LogP contribution in [0.15, 0.2) is 58.8 Å². The largest absolute Gasteiger partial charge is 0.424 e. The van der Waals surface area contributed by atoms with Gasteiger partial charge < -0.3 is 9.42 Å². The first-order chi connectivity index (χ1) is 12.7. The average molecular weight is 428 g/mol. The minimum Gasteiger partial charge on any atom is -0.424 e. The van der Waals surface area contributed by atoms with Crippen LogP contribution in [-0.2, 0) is 14.6 Å². The smallest absolute Gasteiger partial charge is 0.391 e. The predicted molar refractivity (Wildman–Crippen MR) is 101 cm³/mol. The molecular weight excluding hydrogens is 415 g/mol. The number of thiophene rings is 1. The maximum atomic E-state index is 12.4. The molecule has 0 aliphatic carbocycles. The van der Waals surface area contributed by atoms with Crippen LogP contribution in [0, 0.1) is 10.1 Å². The van der Waals surface area contributed by atoms with E-state index in [9.17, 15) is 28.0 Å². The quantitative estimate of drug-likeness (QED) is 0.335. The molecule has 142 valence electrons. The topological polar surface area (TPSA) is 136 Å². The molecule has 9 nitrogen and oxygen atoms in total. The van der Waals surface area contributed by atoms with E-state index in [1.54, 1.807) is 24.3 Å². The Morgan fingerprint density at radius 2 is 1.85 bits per heavy atom. The summed E-state index contributed by atoms with van der Waals surface area (Å²) >= 11 is 1.04. The number of non-ortho nitro benzene ring substituents is 1. The van der Waals surface area contributed by atoms with Gasteiger partial charge in [0, 0.05) is 16.8 Å². The molecule has 0 bridgehead atoms. The zero-order chi connectivity index (χ0) is 19.7. The Morgan fingerprint density at radius 1 is 1.19 bits per heavy atom. The number of fused-ring (bicyclic) bond motifs is 1. The van der Waals surface area contributed by atoms with Gasteiger partial charge in [0.2, 0.25) is 0 Å². The lowest BCUT2D eigenvalue weighted by Crippen LogP contribution is -2.25. The van der Waals surface area contributed by atoms with Gasteiger partial charge in [0.25, 0.3) is 15.7 Å². The number of nitrogens with zero attached hydrogens (tertiary/aromatic N) is 1. The molecule has 3 rings (SSSR count). The van der Waals surface area contributed by atoms with Gasteiger partial charge in [-0.1, -0.05) is 18.2 Å². The van der Waals surface area contributed by atoms with Crippen LogP contribution < -0.4 is 9.25 Å². The highest BCUT2D eigenvalue weighted by atomic mass is 32.2. The van der Waals surface area contributed by atoms with Gasteiger partial charge in [-0.25, -0.2) is 13.0 Å². The SMILES string of the molecule is O=[N+]([O-])c1ccc(OP(=O)(O)CNS(=O)(=O)c2cc3ccccc3s2)cc1. The minimum atomic E-state index is -4.36. The normalized spacial score (nSPS) is 14.0. The van der Waals surface area contributed by atoms with Gasteiger partial charge in [-0.15, -0.1) is 11.3 Å². The van der Waals surface area contributed by atoms with Gasteiger partial charge in [0.05, 0.1) is 4.92 Å². The Labute approximate surface area is 158 Å². The number of rotatable bonds is 7. The third-order valence-electron chi connectivity index (χ3n) is 3.42. The van der Waals surface area contributed by atoms with Crippen LogP contribution in [0.2, 0.25) is 0 Å². The molecule has 1 atom stereocenters. The molecule has 0 spiro atoms. The van der Waals surface area contributed by atoms with E-state index >= 15 is 0 Å². The number of nitro groups is 1. The summed E-state index contributed by atoms with van der Waals surface area (Å²) in [6.45, 7) is 0. The lowest BCUT2D eigenvalue weighted by molar-refractivity contribution is -0.384. The predicted octanol–water partition coefficient (Wildman–Crippen LogP) is 3.31. The molecule has 0 radical (unpaired) electrons. The molecule has 1 heterocycles. The number of nitro benzene ring substituents is 1. The van der Waals surface area contributed by atoms with E-state index in [0.29, 0.717) is 0 Å². The number of hydrogen-bond donors (Lipinski definition) is 2. The van der Waals surface area contributed by atoms with Crippen LogP contribution in [0.3, 0.4) is 0 Å². The summed E-state index contributed by atoms with van der Waals surface area (Å²) in [6.07, 6.45) is -0.847. The molecule has 0 aliphatic rings. The van der Waals surface area contributed by atoms with Crippen molar-refractivity contribution in [2.45, 2.75) is 4.21 Å². The summed E-state index contributed by atoms with van der Waals surface area (Å²) in [6, 6.07) is 13.1. The molecule has 2 aromatic carbocycles. The Hall–Kier alpha value is -2.30. The van der Waals surface area contributed by atoms with Crippen molar-refractivity contribution in [3.63, 3.8) is 0 Å². The second-order valence-electron chi connectivity index (χ2n) is 5.39. The summed E-state index contributed by atoms with van der Waals surface area (Å²) in [7, 11) is -8.36. The van der Waals surface area contributed by atoms with Gasteiger partial charge in [0.15, 0.2) is 0 Å². The highest BCUT2D eigenvalue weighted by Gasteiger charge is 2.26. The first kappa shape index (κ1) is 19.5. The molecule has 0 amide bonds. The molecule has 0 fully saturated rings. The fraction of sp³-hybridized carbons (Fsp3) is 0.0667. The van der Waals surface area contributed by atoms with Crippen LogP contribution in [0.4, 0.5) is 5.69 Å². The van der Waals surface area contributed by atoms with Crippen molar-refractivity contribution < 1.29 is 27.3 Å². The zero-order valence-electron chi connectivity index (χ0n) is 13.5. The molecular formula is C15H13N2O7PS2. The van der Waals surface area contributed by atoms with E-state index in [1.165, 1.54) is 6.07 Å². The molecule has 12 heteroatoms. The third kappa shape index (κ3) is 4.71. The Balaban J connectivity index is 1.69. The maximum absolute atomic E-state index is 12.4. The van der Waals surface area contributed by atoms with Gasteiger partial charge in [-0.2, -0.15) is 4.72 Å². The van der Waals surface area contributed by atoms with E-state index in [1.807, 2.05) is 0 Å². The summed E-state index contributed by atoms with van der Waals surface area (Å²) in [5.41, 5.74) is -0.208. The minimum absolute atomic E-state index is 0.0130. The van der Waals surface area contributed by atoms with Crippen LogP contribution in [-0.4, -0.2) is 24.5 Å². The summed E-state index contributed by atoms with van der Waals surface area (Å²) in [5.74, 6) is -0.0903. The third-order valence-corrected chi connectivity index (χ3v) is 7.68. The highest BCUT2D eigenvalue weighted by molar-refractivity contribution is 7.92. The van der Waals surface area contributed by atoms with Crippen LogP contribution in [0.25, 0.3) is 10.1 Å². The Bertz CT molecular complexity index is 1110. The van der Waals surface area contributed by atoms with Gasteiger partial charge in [-0.3, -0.25) is 10.1 Å². The highest BCUT2D eigenvalue weighted by Crippen LogP contribution is 2.42. The molecule has 27 heavy (non-hydrogen) atoms. The fourth-order valence-electron chi connectivity index (χ4n) is 2.15. The summed E-state index contributed by atoms with van der Waals surface area (Å²) in [4.78, 5) is 19.8. The van der Waals surface area contributed by atoms with E-state index in [-0.39, 0.29) is 15.6 Å². The molecule has 2 N–H and O–H groups in total. The number of hydrogen-bond acceptors (Lipinski definition) is 7. The van der Waals surface area contributed by atoms with Crippen molar-refractivity contribution >= 4 is 44.7 Å². The second-order valence-corrected chi connectivity index (χ2v) is 10.2. The molecule has 3 aromatic rings. The van der Waals surface area contributed by atoms with Crippen molar-refractivity contribution in [2.75, 3.05) is 6.29 Å². The van der Waals surface area contributed by atoms with Crippen LogP contribution in [0.5, 0.6) is 5.75 Å². The van der Waals surface area contributed by atoms with Crippen molar-refractivity contribution in [2.24, 2.45) is 0 Å². The van der Waals surface area contributed by atoms with Gasteiger partial charge in [-0.05, 0) is 29.7 Å². The first-order valence-corrected chi connectivity index (χ1v) is 11.5. The molecule has 1 unspecified atom stereocenters. The number of benzene rings is 2.